The molecule has 0 fully saturated rings. The van der Waals surface area contributed by atoms with E-state index in [9.17, 15) is 4.79 Å². The van der Waals surface area contributed by atoms with Crippen LogP contribution >= 0.6 is 11.8 Å². The van der Waals surface area contributed by atoms with E-state index in [2.05, 4.69) is 16.9 Å². The summed E-state index contributed by atoms with van der Waals surface area (Å²) < 4.78 is 7.09. The minimum absolute atomic E-state index is 0.0136. The normalized spacial score (nSPS) is 12.7. The van der Waals surface area contributed by atoms with Crippen molar-refractivity contribution < 1.29 is 14.6 Å². The molecule has 1 N–H and O–H groups in total. The molecule has 0 saturated carbocycles. The molecule has 0 saturated heterocycles. The van der Waals surface area contributed by atoms with Gasteiger partial charge in [0.15, 0.2) is 10.8 Å². The van der Waals surface area contributed by atoms with Crippen LogP contribution in [0.15, 0.2) is 23.5 Å². The third-order valence-electron chi connectivity index (χ3n) is 2.92. The summed E-state index contributed by atoms with van der Waals surface area (Å²) in [6.07, 6.45) is 2.54. The van der Waals surface area contributed by atoms with Crippen LogP contribution in [0.5, 0.6) is 0 Å². The Morgan fingerprint density at radius 2 is 2.40 bits per heavy atom. The van der Waals surface area contributed by atoms with E-state index in [0.29, 0.717) is 11.8 Å². The minimum atomic E-state index is -0.855. The summed E-state index contributed by atoms with van der Waals surface area (Å²) in [6, 6.07) is 3.85. The average molecular weight is 295 g/mol. The van der Waals surface area contributed by atoms with Gasteiger partial charge in [0.25, 0.3) is 0 Å². The molecule has 2 heterocycles. The lowest BCUT2D eigenvalue weighted by Crippen LogP contribution is -2.10. The lowest BCUT2D eigenvalue weighted by molar-refractivity contribution is -0.133. The first-order chi connectivity index (χ1) is 9.63. The second-order valence-electron chi connectivity index (χ2n) is 4.42. The van der Waals surface area contributed by atoms with E-state index in [1.165, 1.54) is 11.8 Å². The first-order valence-electron chi connectivity index (χ1n) is 6.30. The summed E-state index contributed by atoms with van der Waals surface area (Å²) in [5.74, 6) is -0.869. The zero-order valence-electron chi connectivity index (χ0n) is 11.4. The maximum atomic E-state index is 10.7. The molecule has 0 radical (unpaired) electrons. The molecule has 6 nitrogen and oxygen atoms in total. The fourth-order valence-electron chi connectivity index (χ4n) is 1.95. The van der Waals surface area contributed by atoms with Gasteiger partial charge in [-0.3, -0.25) is 4.79 Å². The third kappa shape index (κ3) is 3.29. The summed E-state index contributed by atoms with van der Waals surface area (Å²) in [5, 5.41) is 9.51. The molecule has 0 aliphatic carbocycles. The number of carboxylic acids is 1. The number of ether oxygens (including phenoxy) is 1. The van der Waals surface area contributed by atoms with Crippen LogP contribution in [0.25, 0.3) is 11.2 Å². The fourth-order valence-corrected chi connectivity index (χ4v) is 2.77. The number of hydrogen-bond donors (Lipinski definition) is 1. The predicted octanol–water partition coefficient (Wildman–Crippen LogP) is 2.21. The van der Waals surface area contributed by atoms with Crippen molar-refractivity contribution in [2.24, 2.45) is 0 Å². The van der Waals surface area contributed by atoms with Gasteiger partial charge < -0.3 is 14.4 Å². The minimum Gasteiger partial charge on any atom is -0.481 e. The van der Waals surface area contributed by atoms with E-state index in [1.807, 2.05) is 16.7 Å². The van der Waals surface area contributed by atoms with Gasteiger partial charge in [0.2, 0.25) is 0 Å². The molecule has 108 valence electrons. The number of thioether (sulfide) groups is 1. The number of methoxy groups -OCH3 is 1. The number of carbonyl (C=O) groups is 1. The molecule has 20 heavy (non-hydrogen) atoms. The molecule has 7 heteroatoms. The number of rotatable bonds is 7. The average Bonchev–Trinajstić information content (AvgIpc) is 2.81. The van der Waals surface area contributed by atoms with E-state index >= 15 is 0 Å². The van der Waals surface area contributed by atoms with Crippen molar-refractivity contribution in [3.63, 3.8) is 0 Å². The van der Waals surface area contributed by atoms with Gasteiger partial charge in [-0.25, -0.2) is 9.97 Å². The van der Waals surface area contributed by atoms with Crippen LogP contribution in [0.1, 0.15) is 19.4 Å². The molecular weight excluding hydrogens is 278 g/mol. The molecule has 0 amide bonds. The van der Waals surface area contributed by atoms with Crippen molar-refractivity contribution in [1.82, 2.24) is 14.5 Å². The maximum absolute atomic E-state index is 10.7. The number of nitrogens with zero attached hydrogens (tertiary/aromatic N) is 3. The molecule has 0 aliphatic heterocycles. The quantitative estimate of drug-likeness (QED) is 0.789. The second kappa shape index (κ2) is 6.71. The lowest BCUT2D eigenvalue weighted by Gasteiger charge is -2.16. The molecule has 0 aromatic carbocycles. The highest BCUT2D eigenvalue weighted by molar-refractivity contribution is 7.99. The summed E-state index contributed by atoms with van der Waals surface area (Å²) in [4.78, 5) is 19.6. The maximum Gasteiger partial charge on any atom is 0.313 e. The molecule has 1 atom stereocenters. The number of fused-ring (bicyclic) bond motifs is 1. The van der Waals surface area contributed by atoms with Crippen molar-refractivity contribution in [2.75, 3.05) is 19.5 Å². The summed E-state index contributed by atoms with van der Waals surface area (Å²) in [7, 11) is 1.66. The summed E-state index contributed by atoms with van der Waals surface area (Å²) in [5.41, 5.74) is 1.56. The van der Waals surface area contributed by atoms with E-state index in [1.54, 1.807) is 13.3 Å². The Bertz CT molecular complexity index is 600. The van der Waals surface area contributed by atoms with Crippen LogP contribution in [0.2, 0.25) is 0 Å². The van der Waals surface area contributed by atoms with Gasteiger partial charge in [0.1, 0.15) is 5.52 Å². The highest BCUT2D eigenvalue weighted by Gasteiger charge is 2.17. The van der Waals surface area contributed by atoms with Crippen LogP contribution in [0, 0.1) is 0 Å². The molecule has 0 bridgehead atoms. The van der Waals surface area contributed by atoms with Crippen LogP contribution in [0.3, 0.4) is 0 Å². The number of imidazole rings is 1. The highest BCUT2D eigenvalue weighted by atomic mass is 32.2. The van der Waals surface area contributed by atoms with Crippen molar-refractivity contribution in [2.45, 2.75) is 24.5 Å². The first kappa shape index (κ1) is 14.8. The van der Waals surface area contributed by atoms with E-state index in [0.717, 1.165) is 17.6 Å². The number of aliphatic carboxylic acids is 1. The van der Waals surface area contributed by atoms with Crippen LogP contribution in [-0.4, -0.2) is 45.1 Å². The molecule has 2 rings (SSSR count). The number of carboxylic acid groups (broad SMARTS) is 1. The number of aromatic nitrogens is 3. The third-order valence-corrected chi connectivity index (χ3v) is 3.86. The molecule has 0 aliphatic rings. The van der Waals surface area contributed by atoms with Crippen molar-refractivity contribution in [3.8, 4) is 0 Å². The Balaban J connectivity index is 2.36. The van der Waals surface area contributed by atoms with Gasteiger partial charge >= 0.3 is 5.97 Å². The smallest absolute Gasteiger partial charge is 0.313 e. The Kier molecular flexibility index (Phi) is 4.97. The summed E-state index contributed by atoms with van der Waals surface area (Å²) in [6.45, 7) is 2.69. The van der Waals surface area contributed by atoms with Crippen molar-refractivity contribution in [3.05, 3.63) is 18.3 Å². The Hall–Kier alpha value is -1.60. The molecule has 0 spiro atoms. The fraction of sp³-hybridized carbons (Fsp3) is 0.462. The highest BCUT2D eigenvalue weighted by Crippen LogP contribution is 2.27. The van der Waals surface area contributed by atoms with Gasteiger partial charge in [-0.05, 0) is 25.5 Å². The number of hydrogen-bond acceptors (Lipinski definition) is 5. The predicted molar refractivity (Wildman–Crippen MR) is 77.1 cm³/mol. The SMILES string of the molecule is COCCC(C)n1c(SCC(=O)O)nc2cccnc21. The topological polar surface area (TPSA) is 77.2 Å². The van der Waals surface area contributed by atoms with Gasteiger partial charge in [-0.1, -0.05) is 11.8 Å². The van der Waals surface area contributed by atoms with Crippen LogP contribution in [0.4, 0.5) is 0 Å². The van der Waals surface area contributed by atoms with Gasteiger partial charge in [-0.2, -0.15) is 0 Å². The largest absolute Gasteiger partial charge is 0.481 e. The second-order valence-corrected chi connectivity index (χ2v) is 5.37. The number of pyridine rings is 1. The van der Waals surface area contributed by atoms with Gasteiger partial charge in [-0.15, -0.1) is 0 Å². The molecule has 1 unspecified atom stereocenters. The van der Waals surface area contributed by atoms with E-state index < -0.39 is 5.97 Å². The van der Waals surface area contributed by atoms with Gasteiger partial charge in [0, 0.05) is 26.0 Å². The molecule has 2 aromatic rings. The Morgan fingerprint density at radius 1 is 1.60 bits per heavy atom. The summed E-state index contributed by atoms with van der Waals surface area (Å²) >= 11 is 1.21. The molecule has 2 aromatic heterocycles. The van der Waals surface area contributed by atoms with Gasteiger partial charge in [0.05, 0.1) is 5.75 Å². The van der Waals surface area contributed by atoms with E-state index in [4.69, 9.17) is 9.84 Å². The first-order valence-corrected chi connectivity index (χ1v) is 7.28. The monoisotopic (exact) mass is 295 g/mol. The van der Waals surface area contributed by atoms with Crippen molar-refractivity contribution in [1.29, 1.82) is 0 Å². The Labute approximate surface area is 121 Å². The standard InChI is InChI=1S/C13H17N3O3S/c1-9(5-7-19-2)16-12-10(4-3-6-14-12)15-13(16)20-8-11(17)18/h3-4,6,9H,5,7-8H2,1-2H3,(H,17,18). The van der Waals surface area contributed by atoms with Crippen LogP contribution in [-0.2, 0) is 9.53 Å². The Morgan fingerprint density at radius 3 is 3.10 bits per heavy atom. The zero-order valence-corrected chi connectivity index (χ0v) is 12.3. The van der Waals surface area contributed by atoms with Crippen molar-refractivity contribution >= 4 is 28.9 Å². The van der Waals surface area contributed by atoms with E-state index in [-0.39, 0.29) is 11.8 Å². The zero-order chi connectivity index (χ0) is 14.5. The lowest BCUT2D eigenvalue weighted by atomic mass is 10.2. The molecular formula is C13H17N3O3S. The van der Waals surface area contributed by atoms with Crippen LogP contribution < -0.4 is 0 Å².